The van der Waals surface area contributed by atoms with Crippen molar-refractivity contribution in [2.24, 2.45) is 5.92 Å². The van der Waals surface area contributed by atoms with Gasteiger partial charge in [-0.15, -0.1) is 0 Å². The average molecular weight is 390 g/mol. The largest absolute Gasteiger partial charge is 0.469 e. The van der Waals surface area contributed by atoms with E-state index in [0.29, 0.717) is 42.8 Å². The van der Waals surface area contributed by atoms with Crippen LogP contribution in [0.1, 0.15) is 47.4 Å². The molecular weight excluding hydrogens is 366 g/mol. The number of carbonyl (C=O) groups excluding carboxylic acids is 2. The maximum atomic E-state index is 13.2. The molecule has 1 atom stereocenters. The molecule has 0 unspecified atom stereocenters. The summed E-state index contributed by atoms with van der Waals surface area (Å²) in [6, 6.07) is 5.26. The fraction of sp³-hybridized carbons (Fsp3) is 0.429. The van der Waals surface area contributed by atoms with Crippen LogP contribution in [0.3, 0.4) is 0 Å². The van der Waals surface area contributed by atoms with Gasteiger partial charge in [0.2, 0.25) is 5.91 Å². The Morgan fingerprint density at radius 2 is 2.07 bits per heavy atom. The molecule has 7 heteroatoms. The third-order valence-corrected chi connectivity index (χ3v) is 5.15. The molecule has 1 saturated heterocycles. The van der Waals surface area contributed by atoms with Gasteiger partial charge in [0.25, 0.3) is 5.91 Å². The van der Waals surface area contributed by atoms with Crippen molar-refractivity contribution in [2.75, 3.05) is 13.1 Å². The molecule has 1 aliphatic heterocycles. The summed E-state index contributed by atoms with van der Waals surface area (Å²) in [5, 5.41) is 2.73. The van der Waals surface area contributed by atoms with Gasteiger partial charge < -0.3 is 14.6 Å². The zero-order valence-corrected chi connectivity index (χ0v) is 15.8. The van der Waals surface area contributed by atoms with Gasteiger partial charge in [-0.1, -0.05) is 6.07 Å². The van der Waals surface area contributed by atoms with Crippen LogP contribution >= 0.6 is 0 Å². The van der Waals surface area contributed by atoms with Gasteiger partial charge in [-0.2, -0.15) is 0 Å². The van der Waals surface area contributed by atoms with Crippen molar-refractivity contribution < 1.29 is 22.8 Å². The Morgan fingerprint density at radius 1 is 1.25 bits per heavy atom. The Balaban J connectivity index is 1.44. The predicted octanol–water partition coefficient (Wildman–Crippen LogP) is 3.82. The number of piperidine rings is 1. The minimum absolute atomic E-state index is 0.0289. The third-order valence-electron chi connectivity index (χ3n) is 5.15. The zero-order chi connectivity index (χ0) is 20.1. The highest BCUT2D eigenvalue weighted by Crippen LogP contribution is 2.23. The molecule has 3 rings (SSSR count). The monoisotopic (exact) mass is 390 g/mol. The second kappa shape index (κ2) is 8.99. The van der Waals surface area contributed by atoms with E-state index in [4.69, 9.17) is 4.42 Å². The first-order valence-corrected chi connectivity index (χ1v) is 9.48. The van der Waals surface area contributed by atoms with Gasteiger partial charge in [-0.05, 0) is 55.9 Å². The topological polar surface area (TPSA) is 62.6 Å². The van der Waals surface area contributed by atoms with E-state index in [9.17, 15) is 18.4 Å². The van der Waals surface area contributed by atoms with Crippen LogP contribution in [-0.4, -0.2) is 29.8 Å². The van der Waals surface area contributed by atoms with Crippen LogP contribution in [0.4, 0.5) is 8.78 Å². The molecule has 2 amide bonds. The van der Waals surface area contributed by atoms with Gasteiger partial charge in [0.1, 0.15) is 5.76 Å². The molecule has 1 N–H and O–H groups in total. The number of nitrogens with one attached hydrogen (secondary N) is 1. The summed E-state index contributed by atoms with van der Waals surface area (Å²) >= 11 is 0. The summed E-state index contributed by atoms with van der Waals surface area (Å²) < 4.78 is 31.3. The van der Waals surface area contributed by atoms with Crippen LogP contribution in [0, 0.1) is 24.5 Å². The second-order valence-corrected chi connectivity index (χ2v) is 7.21. The Kier molecular flexibility index (Phi) is 6.44. The summed E-state index contributed by atoms with van der Waals surface area (Å²) in [4.78, 5) is 26.5. The minimum atomic E-state index is -0.924. The fourth-order valence-corrected chi connectivity index (χ4v) is 3.54. The summed E-state index contributed by atoms with van der Waals surface area (Å²) in [6.45, 7) is 3.26. The number of nitrogens with zero attached hydrogens (tertiary/aromatic N) is 1. The number of aryl methyl sites for hydroxylation is 1. The number of benzene rings is 1. The Labute approximate surface area is 162 Å². The highest BCUT2D eigenvalue weighted by Gasteiger charge is 2.26. The van der Waals surface area contributed by atoms with Crippen LogP contribution < -0.4 is 5.32 Å². The van der Waals surface area contributed by atoms with Gasteiger partial charge in [-0.25, -0.2) is 8.78 Å². The first kappa shape index (κ1) is 20.0. The number of furan rings is 1. The lowest BCUT2D eigenvalue weighted by molar-refractivity contribution is -0.121. The molecule has 0 spiro atoms. The van der Waals surface area contributed by atoms with Crippen LogP contribution in [0.25, 0.3) is 0 Å². The molecule has 5 nitrogen and oxygen atoms in total. The summed E-state index contributed by atoms with van der Waals surface area (Å²) in [7, 11) is 0. The number of hydrogen-bond donors (Lipinski definition) is 1. The highest BCUT2D eigenvalue weighted by molar-refractivity contribution is 5.95. The van der Waals surface area contributed by atoms with E-state index < -0.39 is 11.6 Å². The maximum absolute atomic E-state index is 13.2. The van der Waals surface area contributed by atoms with Gasteiger partial charge in [0.05, 0.1) is 11.8 Å². The molecule has 1 aromatic carbocycles. The van der Waals surface area contributed by atoms with Gasteiger partial charge in [0, 0.05) is 26.1 Å². The van der Waals surface area contributed by atoms with Gasteiger partial charge in [-0.3, -0.25) is 9.59 Å². The summed E-state index contributed by atoms with van der Waals surface area (Å²) in [5.41, 5.74) is 1.10. The zero-order valence-electron chi connectivity index (χ0n) is 15.8. The second-order valence-electron chi connectivity index (χ2n) is 7.21. The van der Waals surface area contributed by atoms with Crippen LogP contribution in [0.15, 0.2) is 34.9 Å². The maximum Gasteiger partial charge on any atom is 0.257 e. The molecule has 28 heavy (non-hydrogen) atoms. The molecule has 0 radical (unpaired) electrons. The van der Waals surface area contributed by atoms with Gasteiger partial charge >= 0.3 is 0 Å². The molecular formula is C21H24F2N2O3. The van der Waals surface area contributed by atoms with E-state index in [-0.39, 0.29) is 24.3 Å². The Hall–Kier alpha value is -2.70. The lowest BCUT2D eigenvalue weighted by atomic mass is 9.93. The molecule has 1 aliphatic rings. The number of rotatable bonds is 6. The molecule has 2 heterocycles. The van der Waals surface area contributed by atoms with Crippen LogP contribution in [0.2, 0.25) is 0 Å². The first-order valence-electron chi connectivity index (χ1n) is 9.48. The molecule has 0 saturated carbocycles. The number of halogens is 2. The van der Waals surface area contributed by atoms with Crippen molar-refractivity contribution >= 4 is 11.8 Å². The van der Waals surface area contributed by atoms with E-state index in [0.717, 1.165) is 25.0 Å². The molecule has 1 aromatic heterocycles. The highest BCUT2D eigenvalue weighted by atomic mass is 19.2. The first-order chi connectivity index (χ1) is 13.4. The van der Waals surface area contributed by atoms with Crippen molar-refractivity contribution in [1.29, 1.82) is 0 Å². The van der Waals surface area contributed by atoms with Crippen LogP contribution in [0.5, 0.6) is 0 Å². The third kappa shape index (κ3) is 4.97. The molecule has 1 fully saturated rings. The van der Waals surface area contributed by atoms with E-state index >= 15 is 0 Å². The molecule has 150 valence electrons. The van der Waals surface area contributed by atoms with Gasteiger partial charge in [0.15, 0.2) is 11.6 Å². The smallest absolute Gasteiger partial charge is 0.257 e. The van der Waals surface area contributed by atoms with E-state index in [1.54, 1.807) is 13.0 Å². The average Bonchev–Trinajstić information content (AvgIpc) is 3.12. The Bertz CT molecular complexity index is 850. The number of amides is 2. The van der Waals surface area contributed by atoms with Crippen molar-refractivity contribution in [2.45, 2.75) is 39.2 Å². The quantitative estimate of drug-likeness (QED) is 0.816. The van der Waals surface area contributed by atoms with E-state index in [1.807, 2.05) is 4.90 Å². The molecule has 0 bridgehead atoms. The lowest BCUT2D eigenvalue weighted by Gasteiger charge is -2.32. The SMILES string of the molecule is Cc1occc1C(=O)N1CCC[C@H](CCC(=O)NCc2ccc(F)c(F)c2)C1. The van der Waals surface area contributed by atoms with E-state index in [2.05, 4.69) is 5.32 Å². The molecule has 2 aromatic rings. The fourth-order valence-electron chi connectivity index (χ4n) is 3.54. The number of carbonyl (C=O) groups is 2. The van der Waals surface area contributed by atoms with Crippen LogP contribution in [-0.2, 0) is 11.3 Å². The van der Waals surface area contributed by atoms with Crippen molar-refractivity contribution in [3.8, 4) is 0 Å². The normalized spacial score (nSPS) is 16.8. The summed E-state index contributed by atoms with van der Waals surface area (Å²) in [6.07, 6.45) is 4.41. The predicted molar refractivity (Wildman–Crippen MR) is 99.5 cm³/mol. The Morgan fingerprint density at radius 3 is 2.79 bits per heavy atom. The number of likely N-dealkylation sites (tertiary alicyclic amines) is 1. The van der Waals surface area contributed by atoms with Crippen molar-refractivity contribution in [1.82, 2.24) is 10.2 Å². The standard InChI is InChI=1S/C21H24F2N2O3/c1-14-17(8-10-28-14)21(27)25-9-2-3-15(13-25)5-7-20(26)24-12-16-4-6-18(22)19(23)11-16/h4,6,8,10-11,15H,2-3,5,7,9,12-13H2,1H3,(H,24,26)/t15-/m1/s1. The minimum Gasteiger partial charge on any atom is -0.469 e. The van der Waals surface area contributed by atoms with E-state index in [1.165, 1.54) is 12.3 Å². The van der Waals surface area contributed by atoms with Crippen molar-refractivity contribution in [3.63, 3.8) is 0 Å². The van der Waals surface area contributed by atoms with Crippen molar-refractivity contribution in [3.05, 3.63) is 59.1 Å². The summed E-state index contributed by atoms with van der Waals surface area (Å²) in [5.74, 6) is -1.12. The lowest BCUT2D eigenvalue weighted by Crippen LogP contribution is -2.40. The molecule has 0 aliphatic carbocycles. The number of hydrogen-bond acceptors (Lipinski definition) is 3.